The largest absolute Gasteiger partial charge is 0.459 e. The number of hydrogen-bond acceptors (Lipinski definition) is 7. The molecule has 0 bridgehead atoms. The summed E-state index contributed by atoms with van der Waals surface area (Å²) in [6, 6.07) is 14.0. The molecule has 0 radical (unpaired) electrons. The summed E-state index contributed by atoms with van der Waals surface area (Å²) in [5, 5.41) is 29.3. The second-order valence-electron chi connectivity index (χ2n) is 6.79. The van der Waals surface area contributed by atoms with Gasteiger partial charge in [-0.15, -0.1) is 0 Å². The third-order valence-corrected chi connectivity index (χ3v) is 4.92. The van der Waals surface area contributed by atoms with Gasteiger partial charge in [0.15, 0.2) is 6.23 Å². The SMILES string of the molecule is O=c1ccn([C@@H]2O[C@H](CO)C(O)C2O)c(=O)n1Cc1ccc(-c2ccccc2)o1. The Morgan fingerprint density at radius 1 is 0.966 bits per heavy atom. The fourth-order valence-electron chi connectivity index (χ4n) is 3.36. The Morgan fingerprint density at radius 3 is 2.41 bits per heavy atom. The zero-order valence-electron chi connectivity index (χ0n) is 15.3. The molecule has 152 valence electrons. The van der Waals surface area contributed by atoms with Gasteiger partial charge in [0.2, 0.25) is 0 Å². The van der Waals surface area contributed by atoms with Gasteiger partial charge >= 0.3 is 5.69 Å². The number of hydrogen-bond donors (Lipinski definition) is 3. The molecule has 3 aromatic rings. The molecule has 1 aliphatic heterocycles. The summed E-state index contributed by atoms with van der Waals surface area (Å²) in [6.45, 7) is -0.627. The van der Waals surface area contributed by atoms with E-state index in [9.17, 15) is 24.9 Å². The van der Waals surface area contributed by atoms with Crippen LogP contribution in [0.1, 0.15) is 12.0 Å². The lowest BCUT2D eigenvalue weighted by Gasteiger charge is -2.18. The van der Waals surface area contributed by atoms with Gasteiger partial charge in [-0.05, 0) is 12.1 Å². The van der Waals surface area contributed by atoms with Crippen LogP contribution < -0.4 is 11.2 Å². The van der Waals surface area contributed by atoms with Crippen LogP contribution in [-0.4, -0.2) is 49.4 Å². The quantitative estimate of drug-likeness (QED) is 0.547. The summed E-state index contributed by atoms with van der Waals surface area (Å²) in [6.07, 6.45) is -3.84. The summed E-state index contributed by atoms with van der Waals surface area (Å²) in [5.74, 6) is 1.01. The molecule has 1 aromatic carbocycles. The number of ether oxygens (including phenoxy) is 1. The van der Waals surface area contributed by atoms with Crippen molar-refractivity contribution in [1.82, 2.24) is 9.13 Å². The molecule has 0 saturated carbocycles. The Kier molecular flexibility index (Phi) is 5.20. The van der Waals surface area contributed by atoms with Crippen molar-refractivity contribution in [3.8, 4) is 11.3 Å². The number of aliphatic hydroxyl groups excluding tert-OH is 3. The van der Waals surface area contributed by atoms with Crippen molar-refractivity contribution >= 4 is 0 Å². The van der Waals surface area contributed by atoms with E-state index < -0.39 is 42.4 Å². The summed E-state index contributed by atoms with van der Waals surface area (Å²) < 4.78 is 13.1. The van der Waals surface area contributed by atoms with Gasteiger partial charge in [-0.2, -0.15) is 0 Å². The molecule has 4 rings (SSSR count). The van der Waals surface area contributed by atoms with Crippen molar-refractivity contribution in [2.24, 2.45) is 0 Å². The monoisotopic (exact) mass is 400 g/mol. The van der Waals surface area contributed by atoms with Gasteiger partial charge in [0.25, 0.3) is 5.56 Å². The lowest BCUT2D eigenvalue weighted by Crippen LogP contribution is -2.43. The third-order valence-electron chi connectivity index (χ3n) is 4.92. The van der Waals surface area contributed by atoms with Crippen molar-refractivity contribution in [3.63, 3.8) is 0 Å². The van der Waals surface area contributed by atoms with Gasteiger partial charge in [-0.3, -0.25) is 13.9 Å². The first kappa shape index (κ1) is 19.3. The maximum absolute atomic E-state index is 12.9. The van der Waals surface area contributed by atoms with E-state index in [0.29, 0.717) is 11.5 Å². The highest BCUT2D eigenvalue weighted by Crippen LogP contribution is 2.28. The molecule has 3 N–H and O–H groups in total. The minimum absolute atomic E-state index is 0.111. The van der Waals surface area contributed by atoms with E-state index in [4.69, 9.17) is 9.15 Å². The van der Waals surface area contributed by atoms with Crippen LogP contribution in [0.15, 0.2) is 68.7 Å². The van der Waals surface area contributed by atoms with Crippen LogP contribution in [0.3, 0.4) is 0 Å². The van der Waals surface area contributed by atoms with E-state index >= 15 is 0 Å². The molecule has 1 fully saturated rings. The molecule has 2 unspecified atom stereocenters. The van der Waals surface area contributed by atoms with Gasteiger partial charge in [-0.25, -0.2) is 4.79 Å². The van der Waals surface area contributed by atoms with Crippen molar-refractivity contribution in [3.05, 3.63) is 81.3 Å². The first-order valence-corrected chi connectivity index (χ1v) is 9.08. The zero-order chi connectivity index (χ0) is 20.5. The molecule has 2 aromatic heterocycles. The van der Waals surface area contributed by atoms with Crippen LogP contribution in [0.5, 0.6) is 0 Å². The molecule has 3 heterocycles. The summed E-state index contributed by atoms with van der Waals surface area (Å²) >= 11 is 0. The first-order valence-electron chi connectivity index (χ1n) is 9.08. The van der Waals surface area contributed by atoms with E-state index in [0.717, 1.165) is 20.8 Å². The normalized spacial score (nSPS) is 24.1. The summed E-state index contributed by atoms with van der Waals surface area (Å²) in [4.78, 5) is 25.1. The maximum atomic E-state index is 12.9. The highest BCUT2D eigenvalue weighted by molar-refractivity contribution is 5.57. The van der Waals surface area contributed by atoms with Crippen LogP contribution in [-0.2, 0) is 11.3 Å². The molecule has 9 nitrogen and oxygen atoms in total. The number of rotatable bonds is 5. The van der Waals surface area contributed by atoms with Gasteiger partial charge in [0.1, 0.15) is 29.8 Å². The predicted molar refractivity (Wildman–Crippen MR) is 101 cm³/mol. The van der Waals surface area contributed by atoms with E-state index in [1.807, 2.05) is 30.3 Å². The standard InChI is InChI=1S/C20H20N2O7/c23-11-15-17(25)18(26)19(29-15)21-9-8-16(24)22(20(21)27)10-13-6-7-14(28-13)12-4-2-1-3-5-12/h1-9,15,17-19,23,25-26H,10-11H2/t15-,17?,18?,19-/m1/s1. The first-order chi connectivity index (χ1) is 14.0. The Hall–Kier alpha value is -2.98. The van der Waals surface area contributed by atoms with Gasteiger partial charge in [0, 0.05) is 17.8 Å². The molecular formula is C20H20N2O7. The van der Waals surface area contributed by atoms with Crippen LogP contribution in [0.4, 0.5) is 0 Å². The average molecular weight is 400 g/mol. The Morgan fingerprint density at radius 2 is 1.72 bits per heavy atom. The van der Waals surface area contributed by atoms with Crippen molar-refractivity contribution < 1.29 is 24.5 Å². The topological polar surface area (TPSA) is 127 Å². The number of nitrogens with zero attached hydrogens (tertiary/aromatic N) is 2. The van der Waals surface area contributed by atoms with E-state index in [1.54, 1.807) is 12.1 Å². The van der Waals surface area contributed by atoms with Crippen molar-refractivity contribution in [2.75, 3.05) is 6.61 Å². The number of aromatic nitrogens is 2. The second-order valence-corrected chi connectivity index (χ2v) is 6.79. The van der Waals surface area contributed by atoms with Crippen LogP contribution in [0.2, 0.25) is 0 Å². The smallest absolute Gasteiger partial charge is 0.333 e. The summed E-state index contributed by atoms with van der Waals surface area (Å²) in [5.41, 5.74) is -0.413. The Labute approximate surface area is 164 Å². The number of furan rings is 1. The van der Waals surface area contributed by atoms with Gasteiger partial charge < -0.3 is 24.5 Å². The molecule has 9 heteroatoms. The average Bonchev–Trinajstić information content (AvgIpc) is 3.31. The molecule has 0 aliphatic carbocycles. The molecular weight excluding hydrogens is 380 g/mol. The lowest BCUT2D eigenvalue weighted by atomic mass is 10.1. The van der Waals surface area contributed by atoms with Crippen LogP contribution in [0.25, 0.3) is 11.3 Å². The number of benzene rings is 1. The fraction of sp³-hybridized carbons (Fsp3) is 0.300. The van der Waals surface area contributed by atoms with Crippen LogP contribution >= 0.6 is 0 Å². The van der Waals surface area contributed by atoms with E-state index in [-0.39, 0.29) is 6.54 Å². The molecule has 29 heavy (non-hydrogen) atoms. The van der Waals surface area contributed by atoms with Crippen molar-refractivity contribution in [1.29, 1.82) is 0 Å². The van der Waals surface area contributed by atoms with E-state index in [1.165, 1.54) is 6.20 Å². The Balaban J connectivity index is 1.64. The minimum atomic E-state index is -1.43. The third kappa shape index (κ3) is 3.56. The molecule has 1 aliphatic rings. The van der Waals surface area contributed by atoms with E-state index in [2.05, 4.69) is 0 Å². The summed E-state index contributed by atoms with van der Waals surface area (Å²) in [7, 11) is 0. The molecule has 0 spiro atoms. The molecule has 0 amide bonds. The van der Waals surface area contributed by atoms with Gasteiger partial charge in [-0.1, -0.05) is 30.3 Å². The zero-order valence-corrected chi connectivity index (χ0v) is 15.3. The van der Waals surface area contributed by atoms with Crippen LogP contribution in [0, 0.1) is 0 Å². The van der Waals surface area contributed by atoms with Crippen molar-refractivity contribution in [2.45, 2.75) is 31.1 Å². The minimum Gasteiger partial charge on any atom is -0.459 e. The second kappa shape index (κ2) is 7.80. The lowest BCUT2D eigenvalue weighted by molar-refractivity contribution is -0.0555. The molecule has 1 saturated heterocycles. The highest BCUT2D eigenvalue weighted by Gasteiger charge is 2.43. The van der Waals surface area contributed by atoms with Gasteiger partial charge in [0.05, 0.1) is 13.2 Å². The Bertz CT molecular complexity index is 1100. The number of aliphatic hydroxyl groups is 3. The predicted octanol–water partition coefficient (Wildman–Crippen LogP) is -0.0702. The molecule has 4 atom stereocenters. The highest BCUT2D eigenvalue weighted by atomic mass is 16.6. The fourth-order valence-corrected chi connectivity index (χ4v) is 3.36. The maximum Gasteiger partial charge on any atom is 0.333 e.